The Kier molecular flexibility index (Phi) is 6.09. The van der Waals surface area contributed by atoms with Crippen molar-refractivity contribution in [2.24, 2.45) is 0 Å². The number of hydrogen-bond donors (Lipinski definition) is 1. The van der Waals surface area contributed by atoms with Crippen molar-refractivity contribution in [1.82, 2.24) is 15.1 Å². The molecule has 2 aliphatic rings. The molecule has 0 radical (unpaired) electrons. The van der Waals surface area contributed by atoms with Gasteiger partial charge in [-0.3, -0.25) is 0 Å². The third-order valence-electron chi connectivity index (χ3n) is 7.13. The molecule has 6 nitrogen and oxygen atoms in total. The lowest BCUT2D eigenvalue weighted by Crippen LogP contribution is -2.51. The third-order valence-corrected chi connectivity index (χ3v) is 7.13. The van der Waals surface area contributed by atoms with Crippen molar-refractivity contribution < 1.29 is 14.6 Å². The first-order valence-electron chi connectivity index (χ1n) is 12.5. The van der Waals surface area contributed by atoms with Crippen molar-refractivity contribution in [2.75, 3.05) is 6.54 Å². The largest absolute Gasteiger partial charge is 0.438 e. The average molecular weight is 472 g/mol. The van der Waals surface area contributed by atoms with Crippen LogP contribution in [0.3, 0.4) is 0 Å². The number of carbonyl (C=O) groups is 1. The zero-order valence-corrected chi connectivity index (χ0v) is 20.6. The van der Waals surface area contributed by atoms with E-state index in [1.54, 1.807) is 18.7 Å². The van der Waals surface area contributed by atoms with Gasteiger partial charge in [-0.1, -0.05) is 54.6 Å². The van der Waals surface area contributed by atoms with E-state index in [1.807, 2.05) is 67.6 Å². The SMILES string of the molecule is C[C@@H](c1ccc(-c2ccc(C3CC3)nn2)cc1)N1CC[C@](CC(C)(C)O)(c2ccccc2)OC1=O. The Hall–Kier alpha value is -3.25. The minimum atomic E-state index is -0.973. The van der Waals surface area contributed by atoms with Gasteiger partial charge in [0.25, 0.3) is 0 Å². The molecular formula is C29H33N3O3. The average Bonchev–Trinajstić information content (AvgIpc) is 3.69. The quantitative estimate of drug-likeness (QED) is 0.459. The van der Waals surface area contributed by atoms with E-state index in [9.17, 15) is 9.90 Å². The second-order valence-electron chi connectivity index (χ2n) is 10.6. The van der Waals surface area contributed by atoms with E-state index >= 15 is 0 Å². The smallest absolute Gasteiger partial charge is 0.411 e. The molecule has 1 aliphatic heterocycles. The second-order valence-corrected chi connectivity index (χ2v) is 10.6. The Labute approximate surface area is 207 Å². The number of carbonyl (C=O) groups excluding carboxylic acids is 1. The summed E-state index contributed by atoms with van der Waals surface area (Å²) in [5.74, 6) is 0.591. The highest BCUT2D eigenvalue weighted by Gasteiger charge is 2.46. The number of hydrogen-bond acceptors (Lipinski definition) is 5. The number of aliphatic hydroxyl groups is 1. The Bertz CT molecular complexity index is 1170. The summed E-state index contributed by atoms with van der Waals surface area (Å²) in [5.41, 5.74) is 3.07. The molecule has 1 N–H and O–H groups in total. The van der Waals surface area contributed by atoms with E-state index in [4.69, 9.17) is 4.74 Å². The fourth-order valence-corrected chi connectivity index (χ4v) is 5.10. The Balaban J connectivity index is 1.31. The van der Waals surface area contributed by atoms with Gasteiger partial charge < -0.3 is 14.7 Å². The Morgan fingerprint density at radius 3 is 2.34 bits per heavy atom. The van der Waals surface area contributed by atoms with Crippen molar-refractivity contribution in [3.05, 3.63) is 83.6 Å². The fraction of sp³-hybridized carbons (Fsp3) is 0.414. The van der Waals surface area contributed by atoms with Crippen LogP contribution in [0.1, 0.15) is 75.2 Å². The van der Waals surface area contributed by atoms with Crippen LogP contribution in [0.4, 0.5) is 4.79 Å². The summed E-state index contributed by atoms with van der Waals surface area (Å²) in [4.78, 5) is 15.0. The van der Waals surface area contributed by atoms with Crippen LogP contribution in [0.5, 0.6) is 0 Å². The zero-order chi connectivity index (χ0) is 24.6. The molecular weight excluding hydrogens is 438 g/mol. The summed E-state index contributed by atoms with van der Waals surface area (Å²) in [7, 11) is 0. The molecule has 0 spiro atoms. The van der Waals surface area contributed by atoms with Crippen LogP contribution in [0.25, 0.3) is 11.3 Å². The summed E-state index contributed by atoms with van der Waals surface area (Å²) in [6.07, 6.45) is 3.02. The molecule has 5 rings (SSSR count). The van der Waals surface area contributed by atoms with Gasteiger partial charge in [-0.2, -0.15) is 10.2 Å². The van der Waals surface area contributed by atoms with Gasteiger partial charge in [0.05, 0.1) is 23.0 Å². The van der Waals surface area contributed by atoms with Crippen LogP contribution in [0.15, 0.2) is 66.7 Å². The number of nitrogens with zero attached hydrogens (tertiary/aromatic N) is 3. The third kappa shape index (κ3) is 5.08. The maximum atomic E-state index is 13.3. The van der Waals surface area contributed by atoms with E-state index < -0.39 is 11.2 Å². The number of aromatic nitrogens is 2. The minimum Gasteiger partial charge on any atom is -0.438 e. The van der Waals surface area contributed by atoms with Crippen molar-refractivity contribution in [3.8, 4) is 11.3 Å². The van der Waals surface area contributed by atoms with Gasteiger partial charge in [0, 0.05) is 30.9 Å². The number of benzene rings is 2. The van der Waals surface area contributed by atoms with Gasteiger partial charge in [0.15, 0.2) is 0 Å². The van der Waals surface area contributed by atoms with E-state index in [1.165, 1.54) is 12.8 Å². The molecule has 2 fully saturated rings. The van der Waals surface area contributed by atoms with Gasteiger partial charge in [-0.15, -0.1) is 0 Å². The van der Waals surface area contributed by atoms with E-state index in [-0.39, 0.29) is 12.1 Å². The van der Waals surface area contributed by atoms with Gasteiger partial charge >= 0.3 is 6.09 Å². The van der Waals surface area contributed by atoms with Crippen LogP contribution in [-0.2, 0) is 10.3 Å². The van der Waals surface area contributed by atoms with Gasteiger partial charge in [0.1, 0.15) is 5.60 Å². The highest BCUT2D eigenvalue weighted by atomic mass is 16.6. The molecule has 0 unspecified atom stereocenters. The lowest BCUT2D eigenvalue weighted by Gasteiger charge is -2.45. The number of amides is 1. The highest BCUT2D eigenvalue weighted by molar-refractivity contribution is 5.70. The predicted molar refractivity (Wildman–Crippen MR) is 135 cm³/mol. The fourth-order valence-electron chi connectivity index (χ4n) is 5.10. The van der Waals surface area contributed by atoms with Crippen LogP contribution in [-0.4, -0.2) is 38.4 Å². The molecule has 2 aromatic carbocycles. The molecule has 0 bridgehead atoms. The maximum Gasteiger partial charge on any atom is 0.411 e. The van der Waals surface area contributed by atoms with Crippen LogP contribution >= 0.6 is 0 Å². The molecule has 1 amide bonds. The molecule has 35 heavy (non-hydrogen) atoms. The topological polar surface area (TPSA) is 75.6 Å². The Morgan fingerprint density at radius 1 is 1.06 bits per heavy atom. The summed E-state index contributed by atoms with van der Waals surface area (Å²) in [6, 6.07) is 21.9. The summed E-state index contributed by atoms with van der Waals surface area (Å²) in [5, 5.41) is 19.4. The van der Waals surface area contributed by atoms with Gasteiger partial charge in [0.2, 0.25) is 0 Å². The van der Waals surface area contributed by atoms with Crippen LogP contribution < -0.4 is 0 Å². The van der Waals surface area contributed by atoms with Gasteiger partial charge in [-0.05, 0) is 56.9 Å². The molecule has 2 atom stereocenters. The molecule has 1 aliphatic carbocycles. The van der Waals surface area contributed by atoms with E-state index in [2.05, 4.69) is 16.3 Å². The molecule has 182 valence electrons. The normalized spacial score (nSPS) is 21.5. The minimum absolute atomic E-state index is 0.143. The molecule has 3 aromatic rings. The standard InChI is InChI=1S/C29H33N3O3/c1-20(21-9-11-22(12-10-21)25-15-16-26(31-30-25)23-13-14-23)32-18-17-29(35-27(32)33,19-28(2,3)34)24-7-5-4-6-8-24/h4-12,15-16,20,23,34H,13-14,17-19H2,1-3H3/t20-,29-/m0/s1. The zero-order valence-electron chi connectivity index (χ0n) is 20.6. The lowest BCUT2D eigenvalue weighted by molar-refractivity contribution is -0.101. The maximum absolute atomic E-state index is 13.3. The van der Waals surface area contributed by atoms with E-state index in [0.717, 1.165) is 28.1 Å². The predicted octanol–water partition coefficient (Wildman–Crippen LogP) is 5.98. The highest BCUT2D eigenvalue weighted by Crippen LogP contribution is 2.42. The van der Waals surface area contributed by atoms with Crippen molar-refractivity contribution >= 4 is 6.09 Å². The number of cyclic esters (lactones) is 1. The number of ether oxygens (including phenoxy) is 1. The molecule has 2 heterocycles. The monoisotopic (exact) mass is 471 g/mol. The summed E-state index contributed by atoms with van der Waals surface area (Å²) >= 11 is 0. The molecule has 6 heteroatoms. The van der Waals surface area contributed by atoms with Gasteiger partial charge in [-0.25, -0.2) is 4.79 Å². The first kappa shape index (κ1) is 23.5. The molecule has 1 saturated heterocycles. The summed E-state index contributed by atoms with van der Waals surface area (Å²) in [6.45, 7) is 6.07. The summed E-state index contributed by atoms with van der Waals surface area (Å²) < 4.78 is 6.13. The van der Waals surface area contributed by atoms with E-state index in [0.29, 0.717) is 25.3 Å². The molecule has 1 aromatic heterocycles. The van der Waals surface area contributed by atoms with Crippen molar-refractivity contribution in [3.63, 3.8) is 0 Å². The van der Waals surface area contributed by atoms with Crippen molar-refractivity contribution in [2.45, 2.75) is 69.6 Å². The first-order valence-corrected chi connectivity index (χ1v) is 12.5. The van der Waals surface area contributed by atoms with Crippen LogP contribution in [0, 0.1) is 0 Å². The first-order chi connectivity index (χ1) is 16.7. The van der Waals surface area contributed by atoms with Crippen LogP contribution in [0.2, 0.25) is 0 Å². The number of rotatable bonds is 7. The second kappa shape index (κ2) is 9.08. The van der Waals surface area contributed by atoms with Crippen molar-refractivity contribution in [1.29, 1.82) is 0 Å². The Morgan fingerprint density at radius 2 is 1.77 bits per heavy atom. The molecule has 1 saturated carbocycles. The lowest BCUT2D eigenvalue weighted by atomic mass is 9.80.